The van der Waals surface area contributed by atoms with Crippen LogP contribution >= 0.6 is 0 Å². The van der Waals surface area contributed by atoms with Gasteiger partial charge >= 0.3 is 0 Å². The van der Waals surface area contributed by atoms with Crippen LogP contribution in [0.1, 0.15) is 52.5 Å². The Labute approximate surface area is 124 Å². The highest BCUT2D eigenvalue weighted by Gasteiger charge is 2.43. The molecule has 0 saturated carbocycles. The van der Waals surface area contributed by atoms with Gasteiger partial charge in [-0.2, -0.15) is 0 Å². The number of nitrogens with one attached hydrogen (secondary N) is 1. The lowest BCUT2D eigenvalue weighted by atomic mass is 9.80. The Morgan fingerprint density at radius 2 is 1.75 bits per heavy atom. The Kier molecular flexibility index (Phi) is 4.87. The van der Waals surface area contributed by atoms with Crippen molar-refractivity contribution in [2.75, 3.05) is 19.6 Å². The second kappa shape index (κ2) is 6.28. The van der Waals surface area contributed by atoms with Crippen molar-refractivity contribution in [1.29, 1.82) is 0 Å². The summed E-state index contributed by atoms with van der Waals surface area (Å²) in [5.74, 6) is 0. The largest absolute Gasteiger partial charge is 0.308 e. The molecule has 1 unspecified atom stereocenters. The first-order valence-electron chi connectivity index (χ1n) is 8.16. The summed E-state index contributed by atoms with van der Waals surface area (Å²) >= 11 is 0. The van der Waals surface area contributed by atoms with Crippen LogP contribution in [0.25, 0.3) is 0 Å². The second-order valence-corrected chi connectivity index (χ2v) is 6.40. The topological polar surface area (TPSA) is 15.3 Å². The average molecular weight is 274 g/mol. The van der Waals surface area contributed by atoms with Crippen molar-refractivity contribution in [3.63, 3.8) is 0 Å². The van der Waals surface area contributed by atoms with Gasteiger partial charge in [-0.15, -0.1) is 0 Å². The minimum absolute atomic E-state index is 0.116. The number of nitrogens with zero attached hydrogens (tertiary/aromatic N) is 1. The molecule has 20 heavy (non-hydrogen) atoms. The Balaban J connectivity index is 2.30. The van der Waals surface area contributed by atoms with Crippen LogP contribution in [0.4, 0.5) is 0 Å². The van der Waals surface area contributed by atoms with E-state index in [2.05, 4.69) is 68.2 Å². The van der Waals surface area contributed by atoms with Gasteiger partial charge in [-0.25, -0.2) is 0 Å². The van der Waals surface area contributed by atoms with E-state index in [1.165, 1.54) is 31.4 Å². The van der Waals surface area contributed by atoms with Crippen molar-refractivity contribution in [1.82, 2.24) is 10.2 Å². The first-order chi connectivity index (χ1) is 9.60. The smallest absolute Gasteiger partial charge is 0.0558 e. The minimum atomic E-state index is 0.116. The molecule has 1 aromatic carbocycles. The van der Waals surface area contributed by atoms with E-state index in [0.717, 1.165) is 13.1 Å². The van der Waals surface area contributed by atoms with E-state index >= 15 is 0 Å². The van der Waals surface area contributed by atoms with Crippen molar-refractivity contribution in [2.24, 2.45) is 0 Å². The van der Waals surface area contributed by atoms with Gasteiger partial charge in [0.25, 0.3) is 0 Å². The summed E-state index contributed by atoms with van der Waals surface area (Å²) in [5, 5.41) is 3.87. The third-order valence-electron chi connectivity index (χ3n) is 5.24. The van der Waals surface area contributed by atoms with Crippen molar-refractivity contribution >= 4 is 0 Å². The summed E-state index contributed by atoms with van der Waals surface area (Å²) in [6.45, 7) is 12.7. The molecule has 0 radical (unpaired) electrons. The number of hydrogen-bond acceptors (Lipinski definition) is 2. The van der Waals surface area contributed by atoms with Gasteiger partial charge in [0.05, 0.1) is 5.54 Å². The fourth-order valence-electron chi connectivity index (χ4n) is 3.47. The van der Waals surface area contributed by atoms with Crippen LogP contribution in [0.5, 0.6) is 0 Å². The van der Waals surface area contributed by atoms with E-state index in [4.69, 9.17) is 0 Å². The highest BCUT2D eigenvalue weighted by molar-refractivity contribution is 5.26. The van der Waals surface area contributed by atoms with Crippen LogP contribution in [0.3, 0.4) is 0 Å². The van der Waals surface area contributed by atoms with Gasteiger partial charge in [0.1, 0.15) is 0 Å². The molecule has 1 saturated heterocycles. The lowest BCUT2D eigenvalue weighted by Gasteiger charge is -2.53. The standard InChI is InChI=1S/C18H30N2/c1-5-13-20-15-18(6-2,7-3)19-14-17(20,4)16-11-9-8-10-12-16/h8-12,19H,5-7,13-15H2,1-4H3. The Bertz CT molecular complexity index is 411. The monoisotopic (exact) mass is 274 g/mol. The van der Waals surface area contributed by atoms with Crippen LogP contribution in [0, 0.1) is 0 Å². The number of hydrogen-bond donors (Lipinski definition) is 1. The molecule has 1 heterocycles. The van der Waals surface area contributed by atoms with Crippen molar-refractivity contribution in [2.45, 2.75) is 58.0 Å². The van der Waals surface area contributed by atoms with Gasteiger partial charge in [0.2, 0.25) is 0 Å². The SMILES string of the molecule is CCCN1CC(CC)(CC)NCC1(C)c1ccccc1. The van der Waals surface area contributed by atoms with E-state index in [-0.39, 0.29) is 5.54 Å². The van der Waals surface area contributed by atoms with Crippen LogP contribution in [0.2, 0.25) is 0 Å². The molecule has 1 aromatic rings. The maximum absolute atomic E-state index is 3.87. The Hall–Kier alpha value is -0.860. The molecular weight excluding hydrogens is 244 g/mol. The fourth-order valence-corrected chi connectivity index (χ4v) is 3.47. The summed E-state index contributed by atoms with van der Waals surface area (Å²) in [4.78, 5) is 2.70. The first-order valence-corrected chi connectivity index (χ1v) is 8.16. The predicted molar refractivity (Wildman–Crippen MR) is 87.0 cm³/mol. The highest BCUT2D eigenvalue weighted by Crippen LogP contribution is 2.35. The summed E-state index contributed by atoms with van der Waals surface area (Å²) in [5.41, 5.74) is 1.84. The summed E-state index contributed by atoms with van der Waals surface area (Å²) < 4.78 is 0. The van der Waals surface area contributed by atoms with Gasteiger partial charge in [-0.1, -0.05) is 51.1 Å². The first kappa shape index (κ1) is 15.5. The molecule has 0 aromatic heterocycles. The molecule has 0 spiro atoms. The molecule has 1 aliphatic heterocycles. The average Bonchev–Trinajstić information content (AvgIpc) is 2.51. The van der Waals surface area contributed by atoms with Gasteiger partial charge in [0, 0.05) is 18.6 Å². The molecule has 1 fully saturated rings. The molecule has 112 valence electrons. The van der Waals surface area contributed by atoms with Gasteiger partial charge in [-0.05, 0) is 38.3 Å². The normalized spacial score (nSPS) is 26.6. The van der Waals surface area contributed by atoms with Crippen molar-refractivity contribution in [3.05, 3.63) is 35.9 Å². The summed E-state index contributed by atoms with van der Waals surface area (Å²) in [6, 6.07) is 11.0. The molecule has 1 atom stereocenters. The Morgan fingerprint density at radius 3 is 2.30 bits per heavy atom. The van der Waals surface area contributed by atoms with Gasteiger partial charge in [0.15, 0.2) is 0 Å². The predicted octanol–water partition coefficient (Wildman–Crippen LogP) is 3.78. The zero-order valence-corrected chi connectivity index (χ0v) is 13.6. The van der Waals surface area contributed by atoms with Crippen LogP contribution < -0.4 is 5.32 Å². The number of benzene rings is 1. The molecule has 2 nitrogen and oxygen atoms in total. The van der Waals surface area contributed by atoms with E-state index < -0.39 is 0 Å². The van der Waals surface area contributed by atoms with E-state index in [1.807, 2.05) is 0 Å². The van der Waals surface area contributed by atoms with E-state index in [0.29, 0.717) is 5.54 Å². The molecule has 2 rings (SSSR count). The molecule has 1 aliphatic rings. The number of rotatable bonds is 5. The number of piperazine rings is 1. The van der Waals surface area contributed by atoms with Gasteiger partial charge < -0.3 is 5.32 Å². The second-order valence-electron chi connectivity index (χ2n) is 6.40. The summed E-state index contributed by atoms with van der Waals surface area (Å²) in [6.07, 6.45) is 3.62. The maximum Gasteiger partial charge on any atom is 0.0558 e. The van der Waals surface area contributed by atoms with Gasteiger partial charge in [-0.3, -0.25) is 4.90 Å². The molecule has 2 heteroatoms. The molecule has 0 aliphatic carbocycles. The lowest BCUT2D eigenvalue weighted by molar-refractivity contribution is 0.00877. The zero-order valence-electron chi connectivity index (χ0n) is 13.6. The Morgan fingerprint density at radius 1 is 1.10 bits per heavy atom. The van der Waals surface area contributed by atoms with Crippen LogP contribution in [-0.4, -0.2) is 30.1 Å². The third-order valence-corrected chi connectivity index (χ3v) is 5.24. The minimum Gasteiger partial charge on any atom is -0.308 e. The van der Waals surface area contributed by atoms with Crippen LogP contribution in [0.15, 0.2) is 30.3 Å². The zero-order chi connectivity index (χ0) is 14.6. The summed E-state index contributed by atoms with van der Waals surface area (Å²) in [7, 11) is 0. The molecule has 0 amide bonds. The van der Waals surface area contributed by atoms with E-state index in [1.54, 1.807) is 0 Å². The third kappa shape index (κ3) is 2.77. The molecule has 0 bridgehead atoms. The maximum atomic E-state index is 3.87. The molecule has 1 N–H and O–H groups in total. The van der Waals surface area contributed by atoms with Crippen molar-refractivity contribution < 1.29 is 0 Å². The molecular formula is C18H30N2. The van der Waals surface area contributed by atoms with E-state index in [9.17, 15) is 0 Å². The fraction of sp³-hybridized carbons (Fsp3) is 0.667. The lowest BCUT2D eigenvalue weighted by Crippen LogP contribution is -2.67. The quantitative estimate of drug-likeness (QED) is 0.879. The highest BCUT2D eigenvalue weighted by atomic mass is 15.3. The van der Waals surface area contributed by atoms with Crippen molar-refractivity contribution in [3.8, 4) is 0 Å². The van der Waals surface area contributed by atoms with Crippen LogP contribution in [-0.2, 0) is 5.54 Å².